The zero-order valence-electron chi connectivity index (χ0n) is 7.55. The summed E-state index contributed by atoms with van der Waals surface area (Å²) >= 11 is 0. The average Bonchev–Trinajstić information content (AvgIpc) is 1.95. The second-order valence-electron chi connectivity index (χ2n) is 3.55. The standard InChI is InChI=1S/C9H19NO/c1-3-7(2)11-9-4-8(5-9)6-10/h7-9H,3-6,10H2,1-2H3. The molecule has 2 heteroatoms. The Bertz CT molecular complexity index is 110. The molecular weight excluding hydrogens is 138 g/mol. The molecule has 2 nitrogen and oxygen atoms in total. The van der Waals surface area contributed by atoms with Gasteiger partial charge >= 0.3 is 0 Å². The van der Waals surface area contributed by atoms with Gasteiger partial charge in [0, 0.05) is 0 Å². The molecule has 0 saturated heterocycles. The van der Waals surface area contributed by atoms with Crippen LogP contribution in [0.1, 0.15) is 33.1 Å². The maximum Gasteiger partial charge on any atom is 0.0585 e. The fourth-order valence-corrected chi connectivity index (χ4v) is 1.40. The maximum atomic E-state index is 5.71. The zero-order chi connectivity index (χ0) is 8.27. The highest BCUT2D eigenvalue weighted by atomic mass is 16.5. The fraction of sp³-hybridized carbons (Fsp3) is 1.00. The molecule has 11 heavy (non-hydrogen) atoms. The van der Waals surface area contributed by atoms with E-state index in [1.807, 2.05) is 0 Å². The van der Waals surface area contributed by atoms with Crippen molar-refractivity contribution in [2.24, 2.45) is 11.7 Å². The Kier molecular flexibility index (Phi) is 3.34. The number of rotatable bonds is 4. The van der Waals surface area contributed by atoms with Crippen molar-refractivity contribution in [3.63, 3.8) is 0 Å². The maximum absolute atomic E-state index is 5.71. The van der Waals surface area contributed by atoms with Gasteiger partial charge in [0.25, 0.3) is 0 Å². The van der Waals surface area contributed by atoms with Crippen LogP contribution in [-0.2, 0) is 4.74 Å². The lowest BCUT2D eigenvalue weighted by molar-refractivity contribution is -0.0674. The van der Waals surface area contributed by atoms with Crippen LogP contribution in [0.4, 0.5) is 0 Å². The molecule has 1 unspecified atom stereocenters. The molecule has 1 atom stereocenters. The van der Waals surface area contributed by atoms with Crippen LogP contribution in [0.2, 0.25) is 0 Å². The molecule has 1 saturated carbocycles. The minimum absolute atomic E-state index is 0.429. The van der Waals surface area contributed by atoms with E-state index >= 15 is 0 Å². The largest absolute Gasteiger partial charge is 0.375 e. The van der Waals surface area contributed by atoms with Gasteiger partial charge in [0.2, 0.25) is 0 Å². The summed E-state index contributed by atoms with van der Waals surface area (Å²) in [7, 11) is 0. The number of nitrogens with two attached hydrogens (primary N) is 1. The first-order valence-electron chi connectivity index (χ1n) is 4.61. The Morgan fingerprint density at radius 2 is 2.18 bits per heavy atom. The van der Waals surface area contributed by atoms with Crippen molar-refractivity contribution in [2.45, 2.75) is 45.3 Å². The molecule has 66 valence electrons. The van der Waals surface area contributed by atoms with E-state index < -0.39 is 0 Å². The van der Waals surface area contributed by atoms with Crippen LogP contribution in [0.5, 0.6) is 0 Å². The van der Waals surface area contributed by atoms with Gasteiger partial charge in [0.1, 0.15) is 0 Å². The van der Waals surface area contributed by atoms with Crippen molar-refractivity contribution in [3.8, 4) is 0 Å². The Morgan fingerprint density at radius 3 is 2.64 bits per heavy atom. The molecule has 0 aromatic carbocycles. The third-order valence-electron chi connectivity index (χ3n) is 2.53. The highest BCUT2D eigenvalue weighted by Gasteiger charge is 2.29. The normalized spacial score (nSPS) is 33.0. The molecule has 0 aliphatic heterocycles. The summed E-state index contributed by atoms with van der Waals surface area (Å²) in [6.07, 6.45) is 4.42. The van der Waals surface area contributed by atoms with Gasteiger partial charge in [-0.3, -0.25) is 0 Å². The summed E-state index contributed by atoms with van der Waals surface area (Å²) < 4.78 is 5.71. The molecule has 0 radical (unpaired) electrons. The lowest BCUT2D eigenvalue weighted by atomic mass is 9.82. The van der Waals surface area contributed by atoms with Gasteiger partial charge in [0.05, 0.1) is 12.2 Å². The molecule has 1 fully saturated rings. The summed E-state index contributed by atoms with van der Waals surface area (Å²) in [5, 5.41) is 0. The monoisotopic (exact) mass is 157 g/mol. The second kappa shape index (κ2) is 4.07. The van der Waals surface area contributed by atoms with Gasteiger partial charge in [0.15, 0.2) is 0 Å². The average molecular weight is 157 g/mol. The number of hydrogen-bond acceptors (Lipinski definition) is 2. The van der Waals surface area contributed by atoms with Crippen LogP contribution in [-0.4, -0.2) is 18.8 Å². The van der Waals surface area contributed by atoms with Crippen molar-refractivity contribution in [1.29, 1.82) is 0 Å². The van der Waals surface area contributed by atoms with Crippen LogP contribution in [0.25, 0.3) is 0 Å². The third-order valence-corrected chi connectivity index (χ3v) is 2.53. The molecule has 0 spiro atoms. The summed E-state index contributed by atoms with van der Waals surface area (Å²) in [5.74, 6) is 0.740. The highest BCUT2D eigenvalue weighted by Crippen LogP contribution is 2.30. The van der Waals surface area contributed by atoms with E-state index in [1.165, 1.54) is 12.8 Å². The van der Waals surface area contributed by atoms with Crippen molar-refractivity contribution in [3.05, 3.63) is 0 Å². The zero-order valence-corrected chi connectivity index (χ0v) is 7.55. The van der Waals surface area contributed by atoms with Crippen LogP contribution < -0.4 is 5.73 Å². The lowest BCUT2D eigenvalue weighted by Crippen LogP contribution is -2.37. The molecule has 1 aliphatic carbocycles. The van der Waals surface area contributed by atoms with E-state index in [1.54, 1.807) is 0 Å². The lowest BCUT2D eigenvalue weighted by Gasteiger charge is -2.35. The van der Waals surface area contributed by atoms with Gasteiger partial charge in [-0.2, -0.15) is 0 Å². The Balaban J connectivity index is 2.04. The molecule has 0 heterocycles. The summed E-state index contributed by atoms with van der Waals surface area (Å²) in [5.41, 5.74) is 5.50. The van der Waals surface area contributed by atoms with Crippen LogP contribution in [0, 0.1) is 5.92 Å². The van der Waals surface area contributed by atoms with Crippen molar-refractivity contribution < 1.29 is 4.74 Å². The smallest absolute Gasteiger partial charge is 0.0585 e. The van der Waals surface area contributed by atoms with Gasteiger partial charge < -0.3 is 10.5 Å². The topological polar surface area (TPSA) is 35.2 Å². The van der Waals surface area contributed by atoms with E-state index in [-0.39, 0.29) is 0 Å². The van der Waals surface area contributed by atoms with Gasteiger partial charge in [-0.1, -0.05) is 6.92 Å². The van der Waals surface area contributed by atoms with E-state index in [9.17, 15) is 0 Å². The molecule has 0 aromatic heterocycles. The molecule has 1 rings (SSSR count). The van der Waals surface area contributed by atoms with E-state index in [0.29, 0.717) is 12.2 Å². The van der Waals surface area contributed by atoms with Gasteiger partial charge in [-0.05, 0) is 38.6 Å². The van der Waals surface area contributed by atoms with Crippen molar-refractivity contribution in [1.82, 2.24) is 0 Å². The molecule has 0 bridgehead atoms. The second-order valence-corrected chi connectivity index (χ2v) is 3.55. The molecular formula is C9H19NO. The summed E-state index contributed by atoms with van der Waals surface area (Å²) in [6.45, 7) is 5.12. The Labute approximate surface area is 69.1 Å². The minimum atomic E-state index is 0.429. The van der Waals surface area contributed by atoms with E-state index in [2.05, 4.69) is 13.8 Å². The first kappa shape index (κ1) is 9.01. The van der Waals surface area contributed by atoms with Crippen molar-refractivity contribution in [2.75, 3.05) is 6.54 Å². The first-order valence-corrected chi connectivity index (χ1v) is 4.61. The minimum Gasteiger partial charge on any atom is -0.375 e. The summed E-state index contributed by atoms with van der Waals surface area (Å²) in [6, 6.07) is 0. The van der Waals surface area contributed by atoms with Crippen LogP contribution in [0.15, 0.2) is 0 Å². The molecule has 1 aliphatic rings. The highest BCUT2D eigenvalue weighted by molar-refractivity contribution is 4.81. The molecule has 2 N–H and O–H groups in total. The molecule has 0 aromatic rings. The SMILES string of the molecule is CCC(C)OC1CC(CN)C1. The number of hydrogen-bond donors (Lipinski definition) is 1. The van der Waals surface area contributed by atoms with Crippen LogP contribution in [0.3, 0.4) is 0 Å². The Hall–Kier alpha value is -0.0800. The Morgan fingerprint density at radius 1 is 1.55 bits per heavy atom. The predicted octanol–water partition coefficient (Wildman–Crippen LogP) is 1.54. The molecule has 0 amide bonds. The van der Waals surface area contributed by atoms with Gasteiger partial charge in [-0.25, -0.2) is 0 Å². The van der Waals surface area contributed by atoms with Crippen molar-refractivity contribution >= 4 is 0 Å². The number of ether oxygens (including phenoxy) is 1. The predicted molar refractivity (Wildman–Crippen MR) is 46.4 cm³/mol. The van der Waals surface area contributed by atoms with Crippen LogP contribution >= 0.6 is 0 Å². The van der Waals surface area contributed by atoms with Gasteiger partial charge in [-0.15, -0.1) is 0 Å². The fourth-order valence-electron chi connectivity index (χ4n) is 1.40. The third kappa shape index (κ3) is 2.46. The quantitative estimate of drug-likeness (QED) is 0.672. The summed E-state index contributed by atoms with van der Waals surface area (Å²) in [4.78, 5) is 0. The van der Waals surface area contributed by atoms with E-state index in [0.717, 1.165) is 18.9 Å². The van der Waals surface area contributed by atoms with E-state index in [4.69, 9.17) is 10.5 Å². The first-order chi connectivity index (χ1) is 5.26.